The lowest BCUT2D eigenvalue weighted by molar-refractivity contribution is -0.153. The van der Waals surface area contributed by atoms with Gasteiger partial charge in [0.15, 0.2) is 6.61 Å². The van der Waals surface area contributed by atoms with Crippen molar-refractivity contribution in [1.29, 1.82) is 0 Å². The Hall–Kier alpha value is -3.00. The molecule has 0 bridgehead atoms. The number of alkyl halides is 3. The van der Waals surface area contributed by atoms with Crippen LogP contribution in [-0.2, 0) is 6.42 Å². The fraction of sp³-hybridized carbons (Fsp3) is 0.419. The van der Waals surface area contributed by atoms with Gasteiger partial charge in [0.1, 0.15) is 11.6 Å². The van der Waals surface area contributed by atoms with Crippen molar-refractivity contribution >= 4 is 10.8 Å². The Labute approximate surface area is 210 Å². The van der Waals surface area contributed by atoms with Crippen molar-refractivity contribution in [2.24, 2.45) is 11.8 Å². The summed E-state index contributed by atoms with van der Waals surface area (Å²) < 4.78 is 56.6. The summed E-state index contributed by atoms with van der Waals surface area (Å²) in [5.74, 6) is 7.19. The number of hydrogen-bond donors (Lipinski definition) is 0. The molecule has 0 aromatic heterocycles. The maximum atomic E-state index is 15.1. The van der Waals surface area contributed by atoms with Crippen molar-refractivity contribution in [2.45, 2.75) is 64.5 Å². The van der Waals surface area contributed by atoms with E-state index in [1.807, 2.05) is 18.2 Å². The van der Waals surface area contributed by atoms with Crippen LogP contribution in [0.5, 0.6) is 5.75 Å². The second-order valence-corrected chi connectivity index (χ2v) is 9.87. The van der Waals surface area contributed by atoms with Crippen LogP contribution in [0.1, 0.15) is 68.6 Å². The van der Waals surface area contributed by atoms with Crippen LogP contribution in [0.25, 0.3) is 10.8 Å². The summed E-state index contributed by atoms with van der Waals surface area (Å²) in [7, 11) is 0. The monoisotopic (exact) mass is 496 g/mol. The highest BCUT2D eigenvalue weighted by atomic mass is 19.4. The Balaban J connectivity index is 1.37. The molecule has 0 amide bonds. The van der Waals surface area contributed by atoms with E-state index in [0.29, 0.717) is 10.9 Å². The first kappa shape index (κ1) is 26.1. The molecule has 3 aromatic carbocycles. The van der Waals surface area contributed by atoms with E-state index in [2.05, 4.69) is 24.8 Å². The normalized spacial score (nSPS) is 18.0. The van der Waals surface area contributed by atoms with Crippen molar-refractivity contribution < 1.29 is 22.3 Å². The van der Waals surface area contributed by atoms with Gasteiger partial charge in [0, 0.05) is 10.9 Å². The lowest BCUT2D eigenvalue weighted by atomic mass is 9.78. The smallest absolute Gasteiger partial charge is 0.422 e. The van der Waals surface area contributed by atoms with Crippen LogP contribution in [0.3, 0.4) is 0 Å². The predicted octanol–water partition coefficient (Wildman–Crippen LogP) is 8.86. The first-order valence-electron chi connectivity index (χ1n) is 12.8. The fourth-order valence-electron chi connectivity index (χ4n) is 5.12. The second-order valence-electron chi connectivity index (χ2n) is 9.87. The minimum atomic E-state index is -4.39. The van der Waals surface area contributed by atoms with Crippen molar-refractivity contribution in [3.05, 3.63) is 77.1 Å². The average molecular weight is 497 g/mol. The van der Waals surface area contributed by atoms with Gasteiger partial charge in [-0.15, -0.1) is 0 Å². The summed E-state index contributed by atoms with van der Waals surface area (Å²) in [5.41, 5.74) is 2.09. The van der Waals surface area contributed by atoms with Crippen LogP contribution in [0.15, 0.2) is 54.6 Å². The third-order valence-corrected chi connectivity index (χ3v) is 7.12. The number of ether oxygens (including phenoxy) is 1. The first-order valence-corrected chi connectivity index (χ1v) is 12.8. The zero-order valence-corrected chi connectivity index (χ0v) is 20.6. The second kappa shape index (κ2) is 11.8. The maximum absolute atomic E-state index is 15.1. The van der Waals surface area contributed by atoms with Gasteiger partial charge in [-0.2, -0.15) is 13.2 Å². The Morgan fingerprint density at radius 1 is 0.861 bits per heavy atom. The minimum Gasteiger partial charge on any atom is -0.484 e. The fourth-order valence-corrected chi connectivity index (χ4v) is 5.12. The SMILES string of the molecule is CCCC1CCC(CCc2ccc3c(F)c(C#Cc4ccc(OCC(F)(F)F)cc4)ccc3c2)CC1. The molecule has 0 radical (unpaired) electrons. The zero-order valence-electron chi connectivity index (χ0n) is 20.6. The van der Waals surface area contributed by atoms with Crippen molar-refractivity contribution in [3.8, 4) is 17.6 Å². The molecular weight excluding hydrogens is 464 g/mol. The molecule has 5 heteroatoms. The third-order valence-electron chi connectivity index (χ3n) is 7.12. The molecule has 36 heavy (non-hydrogen) atoms. The van der Waals surface area contributed by atoms with E-state index >= 15 is 4.39 Å². The van der Waals surface area contributed by atoms with Gasteiger partial charge < -0.3 is 4.74 Å². The van der Waals surface area contributed by atoms with Gasteiger partial charge in [0.2, 0.25) is 0 Å². The van der Waals surface area contributed by atoms with Gasteiger partial charge in [0.05, 0.1) is 5.56 Å². The summed E-state index contributed by atoms with van der Waals surface area (Å²) >= 11 is 0. The Kier molecular flexibility index (Phi) is 8.56. The molecule has 0 unspecified atom stereocenters. The molecule has 0 heterocycles. The van der Waals surface area contributed by atoms with Gasteiger partial charge >= 0.3 is 6.18 Å². The molecule has 1 saturated carbocycles. The van der Waals surface area contributed by atoms with E-state index < -0.39 is 12.8 Å². The summed E-state index contributed by atoms with van der Waals surface area (Å²) in [6, 6.07) is 15.5. The standard InChI is InChI=1S/C31H32F4O/c1-2-3-22-4-6-23(7-5-22)8-9-25-13-19-29-27(20-25)16-15-26(30(29)32)14-10-24-11-17-28(18-12-24)36-21-31(33,34)35/h11-13,15-20,22-23H,2-9,21H2,1H3. The predicted molar refractivity (Wildman–Crippen MR) is 137 cm³/mol. The number of halogens is 4. The summed E-state index contributed by atoms with van der Waals surface area (Å²) in [4.78, 5) is 0. The molecule has 0 spiro atoms. The molecule has 1 fully saturated rings. The number of aryl methyl sites for hydroxylation is 1. The molecule has 3 aromatic rings. The summed E-state index contributed by atoms with van der Waals surface area (Å²) in [6.07, 6.45) is 5.86. The number of hydrogen-bond acceptors (Lipinski definition) is 1. The number of rotatable bonds is 7. The summed E-state index contributed by atoms with van der Waals surface area (Å²) in [6.45, 7) is 0.925. The van der Waals surface area contributed by atoms with Crippen LogP contribution in [0, 0.1) is 29.5 Å². The van der Waals surface area contributed by atoms with Gasteiger partial charge in [0.25, 0.3) is 0 Å². The molecule has 0 N–H and O–H groups in total. The molecule has 0 aliphatic heterocycles. The van der Waals surface area contributed by atoms with E-state index in [1.54, 1.807) is 18.2 Å². The molecule has 0 saturated heterocycles. The van der Waals surface area contributed by atoms with Gasteiger partial charge in [-0.25, -0.2) is 4.39 Å². The molecule has 190 valence electrons. The lowest BCUT2D eigenvalue weighted by Crippen LogP contribution is -2.19. The highest BCUT2D eigenvalue weighted by Crippen LogP contribution is 2.34. The molecule has 0 atom stereocenters. The Morgan fingerprint density at radius 3 is 2.22 bits per heavy atom. The molecule has 1 nitrogen and oxygen atoms in total. The number of benzene rings is 3. The van der Waals surface area contributed by atoms with E-state index in [0.717, 1.165) is 23.6 Å². The van der Waals surface area contributed by atoms with E-state index in [4.69, 9.17) is 4.74 Å². The lowest BCUT2D eigenvalue weighted by Gasteiger charge is -2.28. The van der Waals surface area contributed by atoms with Gasteiger partial charge in [-0.1, -0.05) is 81.6 Å². The van der Waals surface area contributed by atoms with E-state index in [9.17, 15) is 13.2 Å². The van der Waals surface area contributed by atoms with Crippen molar-refractivity contribution in [1.82, 2.24) is 0 Å². The van der Waals surface area contributed by atoms with Gasteiger partial charge in [-0.3, -0.25) is 0 Å². The largest absolute Gasteiger partial charge is 0.484 e. The Bertz CT molecular complexity index is 1210. The van der Waals surface area contributed by atoms with Crippen LogP contribution < -0.4 is 4.74 Å². The van der Waals surface area contributed by atoms with Crippen LogP contribution >= 0.6 is 0 Å². The molecule has 1 aliphatic rings. The first-order chi connectivity index (χ1) is 17.3. The molecular formula is C31H32F4O. The van der Waals surface area contributed by atoms with Crippen LogP contribution in [0.4, 0.5) is 17.6 Å². The van der Waals surface area contributed by atoms with Crippen LogP contribution in [-0.4, -0.2) is 12.8 Å². The van der Waals surface area contributed by atoms with Crippen molar-refractivity contribution in [3.63, 3.8) is 0 Å². The highest BCUT2D eigenvalue weighted by molar-refractivity contribution is 5.85. The summed E-state index contributed by atoms with van der Waals surface area (Å²) in [5, 5.41) is 1.41. The van der Waals surface area contributed by atoms with Gasteiger partial charge in [-0.05, 0) is 66.0 Å². The minimum absolute atomic E-state index is 0.106. The van der Waals surface area contributed by atoms with E-state index in [1.165, 1.54) is 62.6 Å². The molecule has 1 aliphatic carbocycles. The zero-order chi connectivity index (χ0) is 25.5. The van der Waals surface area contributed by atoms with Crippen molar-refractivity contribution in [2.75, 3.05) is 6.61 Å². The molecule has 4 rings (SSSR count). The highest BCUT2D eigenvalue weighted by Gasteiger charge is 2.28. The third kappa shape index (κ3) is 7.26. The topological polar surface area (TPSA) is 9.23 Å². The Morgan fingerprint density at radius 2 is 1.56 bits per heavy atom. The van der Waals surface area contributed by atoms with E-state index in [-0.39, 0.29) is 17.1 Å². The number of fused-ring (bicyclic) bond motifs is 1. The quantitative estimate of drug-likeness (QED) is 0.234. The maximum Gasteiger partial charge on any atom is 0.422 e. The average Bonchev–Trinajstić information content (AvgIpc) is 2.87. The van der Waals surface area contributed by atoms with Crippen LogP contribution in [0.2, 0.25) is 0 Å².